The number of aliphatic hydroxyl groups is 1. The molecular weight excluding hydrogens is 295 g/mol. The Labute approximate surface area is 122 Å². The lowest BCUT2D eigenvalue weighted by Crippen LogP contribution is -2.29. The maximum atomic E-state index is 13.6. The Balaban J connectivity index is 2.11. The summed E-state index contributed by atoms with van der Waals surface area (Å²) in [5, 5.41) is 9.90. The van der Waals surface area contributed by atoms with Crippen molar-refractivity contribution in [1.82, 2.24) is 4.72 Å². The van der Waals surface area contributed by atoms with E-state index in [2.05, 4.69) is 4.72 Å². The number of halogens is 1. The average Bonchev–Trinajstić information content (AvgIpc) is 2.45. The maximum Gasteiger partial charge on any atom is 0.243 e. The molecule has 0 bridgehead atoms. The molecule has 4 N–H and O–H groups in total. The van der Waals surface area contributed by atoms with Crippen LogP contribution in [0.4, 0.5) is 10.1 Å². The highest BCUT2D eigenvalue weighted by Gasteiger charge is 2.20. The van der Waals surface area contributed by atoms with Gasteiger partial charge in [-0.2, -0.15) is 0 Å². The fourth-order valence-corrected chi connectivity index (χ4v) is 2.89. The van der Waals surface area contributed by atoms with Crippen LogP contribution in [0.15, 0.2) is 53.4 Å². The number of hydrogen-bond donors (Lipinski definition) is 3. The number of aliphatic hydroxyl groups excluding tert-OH is 1. The number of anilines is 1. The van der Waals surface area contributed by atoms with Gasteiger partial charge in [-0.3, -0.25) is 0 Å². The van der Waals surface area contributed by atoms with Crippen LogP contribution in [0.2, 0.25) is 0 Å². The first kappa shape index (κ1) is 15.4. The molecule has 2 aromatic rings. The Hall–Kier alpha value is -1.96. The molecule has 0 radical (unpaired) electrons. The highest BCUT2D eigenvalue weighted by atomic mass is 32.2. The molecule has 0 aliphatic heterocycles. The van der Waals surface area contributed by atoms with Crippen LogP contribution >= 0.6 is 0 Å². The summed E-state index contributed by atoms with van der Waals surface area (Å²) < 4.78 is 39.8. The molecule has 0 saturated heterocycles. The first-order valence-electron chi connectivity index (χ1n) is 6.18. The zero-order valence-electron chi connectivity index (χ0n) is 11.0. The van der Waals surface area contributed by atoms with Crippen LogP contribution in [-0.4, -0.2) is 20.1 Å². The van der Waals surface area contributed by atoms with E-state index in [1.807, 2.05) is 0 Å². The molecule has 0 amide bonds. The molecule has 0 heterocycles. The Bertz CT molecular complexity index is 720. The summed E-state index contributed by atoms with van der Waals surface area (Å²) in [7, 11) is -4.05. The normalized spacial score (nSPS) is 13.0. The Morgan fingerprint density at radius 1 is 1.19 bits per heavy atom. The number of hydrogen-bond acceptors (Lipinski definition) is 4. The number of nitrogens with two attached hydrogens (primary N) is 1. The molecule has 1 unspecified atom stereocenters. The minimum absolute atomic E-state index is 0.135. The van der Waals surface area contributed by atoms with Gasteiger partial charge in [-0.05, 0) is 23.8 Å². The minimum Gasteiger partial charge on any atom is -0.399 e. The van der Waals surface area contributed by atoms with E-state index >= 15 is 0 Å². The summed E-state index contributed by atoms with van der Waals surface area (Å²) in [6, 6.07) is 11.9. The molecule has 5 nitrogen and oxygen atoms in total. The van der Waals surface area contributed by atoms with Gasteiger partial charge in [0.1, 0.15) is 10.7 Å². The molecule has 0 saturated carbocycles. The predicted molar refractivity (Wildman–Crippen MR) is 77.4 cm³/mol. The van der Waals surface area contributed by atoms with Crippen molar-refractivity contribution in [3.05, 3.63) is 59.9 Å². The van der Waals surface area contributed by atoms with Gasteiger partial charge in [0.25, 0.3) is 0 Å². The average molecular weight is 310 g/mol. The Kier molecular flexibility index (Phi) is 4.56. The van der Waals surface area contributed by atoms with Gasteiger partial charge in [0.2, 0.25) is 10.0 Å². The molecule has 0 fully saturated rings. The van der Waals surface area contributed by atoms with E-state index in [0.29, 0.717) is 5.56 Å². The predicted octanol–water partition coefficient (Wildman–Crippen LogP) is 1.42. The van der Waals surface area contributed by atoms with E-state index < -0.39 is 26.8 Å². The molecule has 21 heavy (non-hydrogen) atoms. The molecule has 0 aliphatic carbocycles. The number of rotatable bonds is 5. The highest BCUT2D eigenvalue weighted by Crippen LogP contribution is 2.18. The molecule has 7 heteroatoms. The molecule has 2 aromatic carbocycles. The van der Waals surface area contributed by atoms with Crippen molar-refractivity contribution in [2.75, 3.05) is 12.3 Å². The first-order chi connectivity index (χ1) is 9.90. The topological polar surface area (TPSA) is 92.4 Å². The standard InChI is InChI=1S/C14H15FN2O3S/c15-12-8-11(16)6-7-14(12)21(19,20)17-9-13(18)10-4-2-1-3-5-10/h1-8,13,17-18H,9,16H2. The van der Waals surface area contributed by atoms with Crippen molar-refractivity contribution in [3.63, 3.8) is 0 Å². The lowest BCUT2D eigenvalue weighted by Gasteiger charge is -2.13. The van der Waals surface area contributed by atoms with E-state index in [1.54, 1.807) is 30.3 Å². The van der Waals surface area contributed by atoms with Crippen molar-refractivity contribution >= 4 is 15.7 Å². The van der Waals surface area contributed by atoms with E-state index in [1.165, 1.54) is 6.07 Å². The third-order valence-corrected chi connectivity index (χ3v) is 4.35. The fraction of sp³-hybridized carbons (Fsp3) is 0.143. The Morgan fingerprint density at radius 2 is 1.86 bits per heavy atom. The number of benzene rings is 2. The lowest BCUT2D eigenvalue weighted by atomic mass is 10.1. The molecule has 1 atom stereocenters. The molecule has 112 valence electrons. The second kappa shape index (κ2) is 6.21. The lowest BCUT2D eigenvalue weighted by molar-refractivity contribution is 0.182. The van der Waals surface area contributed by atoms with Crippen LogP contribution in [0, 0.1) is 5.82 Å². The van der Waals surface area contributed by atoms with Crippen LogP contribution in [0.5, 0.6) is 0 Å². The van der Waals surface area contributed by atoms with Crippen LogP contribution in [0.25, 0.3) is 0 Å². The van der Waals surface area contributed by atoms with Crippen molar-refractivity contribution < 1.29 is 17.9 Å². The molecule has 2 rings (SSSR count). The Morgan fingerprint density at radius 3 is 2.48 bits per heavy atom. The highest BCUT2D eigenvalue weighted by molar-refractivity contribution is 7.89. The van der Waals surface area contributed by atoms with E-state index in [9.17, 15) is 17.9 Å². The van der Waals surface area contributed by atoms with Crippen molar-refractivity contribution in [2.45, 2.75) is 11.0 Å². The second-order valence-electron chi connectivity index (χ2n) is 4.47. The van der Waals surface area contributed by atoms with Crippen LogP contribution in [0.1, 0.15) is 11.7 Å². The smallest absolute Gasteiger partial charge is 0.243 e. The summed E-state index contributed by atoms with van der Waals surface area (Å²) in [5.41, 5.74) is 6.08. The van der Waals surface area contributed by atoms with Gasteiger partial charge in [-0.15, -0.1) is 0 Å². The van der Waals surface area contributed by atoms with Gasteiger partial charge in [-0.1, -0.05) is 30.3 Å². The second-order valence-corrected chi connectivity index (χ2v) is 6.20. The maximum absolute atomic E-state index is 13.6. The largest absolute Gasteiger partial charge is 0.399 e. The van der Waals surface area contributed by atoms with E-state index in [-0.39, 0.29) is 12.2 Å². The SMILES string of the molecule is Nc1ccc(S(=O)(=O)NCC(O)c2ccccc2)c(F)c1. The van der Waals surface area contributed by atoms with Crippen molar-refractivity contribution in [1.29, 1.82) is 0 Å². The van der Waals surface area contributed by atoms with E-state index in [4.69, 9.17) is 5.73 Å². The quantitative estimate of drug-likeness (QED) is 0.728. The van der Waals surface area contributed by atoms with Gasteiger partial charge in [-0.25, -0.2) is 17.5 Å². The summed E-state index contributed by atoms with van der Waals surface area (Å²) in [6.45, 7) is -0.254. The summed E-state index contributed by atoms with van der Waals surface area (Å²) in [4.78, 5) is -0.503. The number of nitrogens with one attached hydrogen (secondary N) is 1. The van der Waals surface area contributed by atoms with Gasteiger partial charge in [0.05, 0.1) is 6.10 Å². The van der Waals surface area contributed by atoms with Gasteiger partial charge in [0.15, 0.2) is 0 Å². The zero-order chi connectivity index (χ0) is 15.5. The van der Waals surface area contributed by atoms with Gasteiger partial charge >= 0.3 is 0 Å². The zero-order valence-corrected chi connectivity index (χ0v) is 11.8. The minimum atomic E-state index is -4.05. The first-order valence-corrected chi connectivity index (χ1v) is 7.66. The molecule has 0 spiro atoms. The summed E-state index contributed by atoms with van der Waals surface area (Å²) >= 11 is 0. The monoisotopic (exact) mass is 310 g/mol. The third-order valence-electron chi connectivity index (χ3n) is 2.90. The van der Waals surface area contributed by atoms with Gasteiger partial charge < -0.3 is 10.8 Å². The van der Waals surface area contributed by atoms with Crippen molar-refractivity contribution in [3.8, 4) is 0 Å². The van der Waals surface area contributed by atoms with Gasteiger partial charge in [0, 0.05) is 12.2 Å². The third kappa shape index (κ3) is 3.78. The molecule has 0 aliphatic rings. The van der Waals surface area contributed by atoms with Crippen LogP contribution < -0.4 is 10.5 Å². The summed E-state index contributed by atoms with van der Waals surface area (Å²) in [6.07, 6.45) is -1.02. The number of sulfonamides is 1. The molecular formula is C14H15FN2O3S. The number of nitrogen functional groups attached to an aromatic ring is 1. The van der Waals surface area contributed by atoms with Crippen LogP contribution in [0.3, 0.4) is 0 Å². The van der Waals surface area contributed by atoms with Crippen molar-refractivity contribution in [2.24, 2.45) is 0 Å². The summed E-state index contributed by atoms with van der Waals surface area (Å²) in [5.74, 6) is -0.934. The molecule has 0 aromatic heterocycles. The van der Waals surface area contributed by atoms with Crippen LogP contribution in [-0.2, 0) is 10.0 Å². The fourth-order valence-electron chi connectivity index (χ4n) is 1.79. The van der Waals surface area contributed by atoms with E-state index in [0.717, 1.165) is 12.1 Å².